The topological polar surface area (TPSA) is 67.2 Å². The number of rotatable bonds is 6. The second-order valence-electron chi connectivity index (χ2n) is 6.52. The first-order valence-electron chi connectivity index (χ1n) is 8.62. The van der Waals surface area contributed by atoms with Gasteiger partial charge in [0.05, 0.1) is 6.54 Å². The molecule has 1 amide bonds. The number of hydrogen-bond acceptors (Lipinski definition) is 4. The van der Waals surface area contributed by atoms with E-state index >= 15 is 0 Å². The van der Waals surface area contributed by atoms with Crippen LogP contribution in [-0.4, -0.2) is 47.5 Å². The smallest absolute Gasteiger partial charge is 0.265 e. The quantitative estimate of drug-likeness (QED) is 0.721. The Hall–Kier alpha value is -3.06. The maximum atomic E-state index is 14.1. The van der Waals surface area contributed by atoms with Gasteiger partial charge in [0.2, 0.25) is 0 Å². The molecule has 0 aliphatic heterocycles. The highest BCUT2D eigenvalue weighted by atomic mass is 19.1. The highest BCUT2D eigenvalue weighted by molar-refractivity contribution is 5.96. The van der Waals surface area contributed by atoms with E-state index < -0.39 is 17.3 Å². The van der Waals surface area contributed by atoms with Gasteiger partial charge < -0.3 is 10.2 Å². The number of nitrogens with zero attached hydrogens (tertiary/aromatic N) is 3. The number of likely N-dealkylation sites (N-methyl/N-ethyl adjacent to an activating group) is 1. The molecule has 2 heterocycles. The highest BCUT2D eigenvalue weighted by Crippen LogP contribution is 2.14. The minimum absolute atomic E-state index is 0.00215. The Morgan fingerprint density at radius 2 is 2.00 bits per heavy atom. The zero-order valence-corrected chi connectivity index (χ0v) is 15.3. The number of hydrogen-bond donors (Lipinski definition) is 1. The minimum atomic E-state index is -0.494. The Kier molecular flexibility index (Phi) is 5.61. The first-order chi connectivity index (χ1) is 13.0. The molecule has 0 aliphatic carbocycles. The van der Waals surface area contributed by atoms with Crippen LogP contribution in [-0.2, 0) is 6.54 Å². The van der Waals surface area contributed by atoms with Gasteiger partial charge in [-0.05, 0) is 38.4 Å². The summed E-state index contributed by atoms with van der Waals surface area (Å²) in [6.07, 6.45) is 1.57. The summed E-state index contributed by atoms with van der Waals surface area (Å²) < 4.78 is 15.4. The fourth-order valence-electron chi connectivity index (χ4n) is 2.80. The molecule has 0 atom stereocenters. The van der Waals surface area contributed by atoms with Crippen molar-refractivity contribution in [3.63, 3.8) is 0 Å². The molecule has 27 heavy (non-hydrogen) atoms. The Morgan fingerprint density at radius 1 is 1.22 bits per heavy atom. The molecule has 0 saturated carbocycles. The van der Waals surface area contributed by atoms with Crippen LogP contribution in [0.1, 0.15) is 15.9 Å². The number of carbonyl (C=O) groups is 1. The van der Waals surface area contributed by atoms with Crippen molar-refractivity contribution in [1.82, 2.24) is 19.8 Å². The third kappa shape index (κ3) is 4.20. The van der Waals surface area contributed by atoms with Crippen molar-refractivity contribution in [1.29, 1.82) is 0 Å². The van der Waals surface area contributed by atoms with E-state index in [0.717, 1.165) is 0 Å². The molecule has 2 aromatic heterocycles. The molecule has 0 fully saturated rings. The number of aromatic nitrogens is 2. The molecule has 0 unspecified atom stereocenters. The molecule has 140 valence electrons. The molecule has 0 spiro atoms. The van der Waals surface area contributed by atoms with Crippen LogP contribution in [0.15, 0.2) is 53.5 Å². The van der Waals surface area contributed by atoms with Crippen molar-refractivity contribution in [3.8, 4) is 0 Å². The molecule has 0 aliphatic rings. The van der Waals surface area contributed by atoms with Crippen LogP contribution >= 0.6 is 0 Å². The van der Waals surface area contributed by atoms with Gasteiger partial charge in [-0.15, -0.1) is 0 Å². The molecule has 3 aromatic rings. The van der Waals surface area contributed by atoms with Crippen LogP contribution in [0.4, 0.5) is 4.39 Å². The van der Waals surface area contributed by atoms with E-state index in [1.165, 1.54) is 16.7 Å². The number of nitrogens with one attached hydrogen (secondary N) is 1. The molecular formula is C20H21FN4O2. The predicted molar refractivity (Wildman–Crippen MR) is 102 cm³/mol. The van der Waals surface area contributed by atoms with Crippen LogP contribution in [0.25, 0.3) is 11.0 Å². The third-order valence-corrected chi connectivity index (χ3v) is 4.22. The van der Waals surface area contributed by atoms with E-state index in [9.17, 15) is 14.0 Å². The van der Waals surface area contributed by atoms with Gasteiger partial charge in [-0.1, -0.05) is 18.2 Å². The van der Waals surface area contributed by atoms with Crippen molar-refractivity contribution in [2.75, 3.05) is 27.2 Å². The molecule has 6 nitrogen and oxygen atoms in total. The Bertz CT molecular complexity index is 1030. The number of halogens is 1. The summed E-state index contributed by atoms with van der Waals surface area (Å²) >= 11 is 0. The summed E-state index contributed by atoms with van der Waals surface area (Å²) in [5, 5.41) is 3.39. The molecular weight excluding hydrogens is 347 g/mol. The zero-order chi connectivity index (χ0) is 19.4. The lowest BCUT2D eigenvalue weighted by Crippen LogP contribution is -2.36. The van der Waals surface area contributed by atoms with E-state index in [-0.39, 0.29) is 12.1 Å². The number of fused-ring (bicyclic) bond motifs is 1. The van der Waals surface area contributed by atoms with Crippen molar-refractivity contribution in [3.05, 3.63) is 76.0 Å². The van der Waals surface area contributed by atoms with Gasteiger partial charge in [-0.25, -0.2) is 9.37 Å². The zero-order valence-electron chi connectivity index (χ0n) is 15.3. The monoisotopic (exact) mass is 368 g/mol. The maximum absolute atomic E-state index is 14.1. The lowest BCUT2D eigenvalue weighted by molar-refractivity contribution is 0.0949. The van der Waals surface area contributed by atoms with Crippen LogP contribution < -0.4 is 10.9 Å². The summed E-state index contributed by atoms with van der Waals surface area (Å²) in [5.74, 6) is -0.857. The number of benzene rings is 1. The van der Waals surface area contributed by atoms with E-state index in [0.29, 0.717) is 29.7 Å². The fourth-order valence-corrected chi connectivity index (χ4v) is 2.80. The average Bonchev–Trinajstić information content (AvgIpc) is 2.65. The molecule has 0 radical (unpaired) electrons. The van der Waals surface area contributed by atoms with Gasteiger partial charge >= 0.3 is 0 Å². The molecule has 0 saturated heterocycles. The normalized spacial score (nSPS) is 11.1. The molecule has 0 bridgehead atoms. The third-order valence-electron chi connectivity index (χ3n) is 4.22. The van der Waals surface area contributed by atoms with Crippen molar-refractivity contribution in [2.24, 2.45) is 0 Å². The summed E-state index contributed by atoms with van der Waals surface area (Å²) in [5.41, 5.74) is 0.296. The average molecular weight is 368 g/mol. The molecule has 1 aromatic carbocycles. The van der Waals surface area contributed by atoms with Crippen LogP contribution in [0.2, 0.25) is 0 Å². The second-order valence-corrected chi connectivity index (χ2v) is 6.52. The van der Waals surface area contributed by atoms with E-state index in [2.05, 4.69) is 10.3 Å². The Labute approximate surface area is 156 Å². The minimum Gasteiger partial charge on any atom is -0.351 e. The second kappa shape index (κ2) is 8.09. The van der Waals surface area contributed by atoms with Gasteiger partial charge in [-0.3, -0.25) is 14.2 Å². The summed E-state index contributed by atoms with van der Waals surface area (Å²) in [6, 6.07) is 11.3. The Balaban J connectivity index is 2.04. The predicted octanol–water partition coefficient (Wildman–Crippen LogP) is 1.88. The highest BCUT2D eigenvalue weighted by Gasteiger charge is 2.17. The number of carbonyl (C=O) groups excluding carboxylic acids is 1. The molecule has 1 N–H and O–H groups in total. The van der Waals surface area contributed by atoms with Crippen molar-refractivity contribution < 1.29 is 9.18 Å². The summed E-state index contributed by atoms with van der Waals surface area (Å²) in [7, 11) is 3.80. The van der Waals surface area contributed by atoms with Gasteiger partial charge in [-0.2, -0.15) is 0 Å². The van der Waals surface area contributed by atoms with Crippen LogP contribution in [0.3, 0.4) is 0 Å². The summed E-state index contributed by atoms with van der Waals surface area (Å²) in [4.78, 5) is 31.7. The standard InChI is InChI=1S/C20H21FN4O2/c1-24(2)11-10-23-19(26)16-12-14-7-5-9-22-18(14)25(20(16)27)13-15-6-3-4-8-17(15)21/h3-9,12H,10-11,13H2,1-2H3,(H,23,26). The Morgan fingerprint density at radius 3 is 2.74 bits per heavy atom. The van der Waals surface area contributed by atoms with Crippen LogP contribution in [0.5, 0.6) is 0 Å². The van der Waals surface area contributed by atoms with Gasteiger partial charge in [0.1, 0.15) is 17.0 Å². The fraction of sp³-hybridized carbons (Fsp3) is 0.250. The van der Waals surface area contributed by atoms with Crippen LogP contribution in [0, 0.1) is 5.82 Å². The molecule has 3 rings (SSSR count). The van der Waals surface area contributed by atoms with Gasteiger partial charge in [0.15, 0.2) is 0 Å². The largest absolute Gasteiger partial charge is 0.351 e. The lowest BCUT2D eigenvalue weighted by atomic mass is 10.1. The summed E-state index contributed by atoms with van der Waals surface area (Å²) in [6.45, 7) is 1.08. The lowest BCUT2D eigenvalue weighted by Gasteiger charge is -2.14. The van der Waals surface area contributed by atoms with E-state index in [4.69, 9.17) is 0 Å². The van der Waals surface area contributed by atoms with E-state index in [1.807, 2.05) is 19.0 Å². The van der Waals surface area contributed by atoms with Gasteiger partial charge in [0.25, 0.3) is 11.5 Å². The maximum Gasteiger partial charge on any atom is 0.265 e. The first-order valence-corrected chi connectivity index (χ1v) is 8.62. The first kappa shape index (κ1) is 18.7. The van der Waals surface area contributed by atoms with Gasteiger partial charge in [0, 0.05) is 30.2 Å². The van der Waals surface area contributed by atoms with Crippen molar-refractivity contribution in [2.45, 2.75) is 6.54 Å². The molecule has 7 heteroatoms. The van der Waals surface area contributed by atoms with Crippen molar-refractivity contribution >= 4 is 16.9 Å². The number of amides is 1. The van der Waals surface area contributed by atoms with E-state index in [1.54, 1.807) is 36.5 Å². The number of pyridine rings is 2. The SMILES string of the molecule is CN(C)CCNC(=O)c1cc2cccnc2n(Cc2ccccc2F)c1=O.